The van der Waals surface area contributed by atoms with Crippen molar-refractivity contribution in [3.63, 3.8) is 0 Å². The number of likely N-dealkylation sites (tertiary alicyclic amines) is 1. The second kappa shape index (κ2) is 7.76. The number of hydrogen-bond donors (Lipinski definition) is 0. The summed E-state index contributed by atoms with van der Waals surface area (Å²) in [5.74, 6) is 1.52. The maximum atomic E-state index is 13.0. The Morgan fingerprint density at radius 2 is 2.12 bits per heavy atom. The van der Waals surface area contributed by atoms with E-state index in [-0.39, 0.29) is 17.6 Å². The van der Waals surface area contributed by atoms with Crippen LogP contribution in [0.15, 0.2) is 28.8 Å². The Labute approximate surface area is 147 Å². The number of aromatic nitrogens is 2. The predicted octanol–water partition coefficient (Wildman–Crippen LogP) is 4.02. The lowest BCUT2D eigenvalue weighted by atomic mass is 9.97. The summed E-state index contributed by atoms with van der Waals surface area (Å²) in [5.41, 5.74) is 0.720. The summed E-state index contributed by atoms with van der Waals surface area (Å²) < 4.78 is 18.5. The molecule has 1 aromatic heterocycles. The monoisotopic (exact) mass is 345 g/mol. The lowest BCUT2D eigenvalue weighted by Gasteiger charge is -2.31. The van der Waals surface area contributed by atoms with Gasteiger partial charge in [-0.1, -0.05) is 19.0 Å². The first-order valence-corrected chi connectivity index (χ1v) is 8.90. The summed E-state index contributed by atoms with van der Waals surface area (Å²) >= 11 is 0. The smallest absolute Gasteiger partial charge is 0.231 e. The van der Waals surface area contributed by atoms with Crippen molar-refractivity contribution >= 4 is 5.91 Å². The Kier molecular flexibility index (Phi) is 5.46. The van der Waals surface area contributed by atoms with Crippen LogP contribution in [-0.4, -0.2) is 34.0 Å². The standard InChI is InChI=1S/C19H24FN3O2/c1-13(2)5-10-17(24)23-11-3-4-15(12-23)19-21-18(22-25-19)14-6-8-16(20)9-7-14/h6-9,13,15H,3-5,10-12H2,1-2H3/t15-/m1/s1. The van der Waals surface area contributed by atoms with Crippen molar-refractivity contribution in [3.8, 4) is 11.4 Å². The van der Waals surface area contributed by atoms with Gasteiger partial charge in [-0.05, 0) is 49.4 Å². The van der Waals surface area contributed by atoms with Crippen molar-refractivity contribution in [2.24, 2.45) is 5.92 Å². The molecular formula is C19H24FN3O2. The molecule has 1 amide bonds. The van der Waals surface area contributed by atoms with E-state index in [4.69, 9.17) is 4.52 Å². The van der Waals surface area contributed by atoms with Gasteiger partial charge in [-0.25, -0.2) is 4.39 Å². The van der Waals surface area contributed by atoms with Crippen LogP contribution in [0.25, 0.3) is 11.4 Å². The van der Waals surface area contributed by atoms with E-state index in [9.17, 15) is 9.18 Å². The fourth-order valence-corrected chi connectivity index (χ4v) is 3.09. The molecule has 3 rings (SSSR count). The van der Waals surface area contributed by atoms with Crippen LogP contribution in [0.2, 0.25) is 0 Å². The minimum atomic E-state index is -0.296. The largest absolute Gasteiger partial charge is 0.342 e. The number of carbonyl (C=O) groups excluding carboxylic acids is 1. The third-order valence-corrected chi connectivity index (χ3v) is 4.60. The Bertz CT molecular complexity index is 712. The molecule has 0 unspecified atom stereocenters. The van der Waals surface area contributed by atoms with Gasteiger partial charge in [0.25, 0.3) is 0 Å². The maximum Gasteiger partial charge on any atom is 0.231 e. The van der Waals surface area contributed by atoms with E-state index in [1.54, 1.807) is 12.1 Å². The number of piperidine rings is 1. The van der Waals surface area contributed by atoms with E-state index >= 15 is 0 Å². The second-order valence-corrected chi connectivity index (χ2v) is 7.07. The Morgan fingerprint density at radius 1 is 1.36 bits per heavy atom. The van der Waals surface area contributed by atoms with Crippen LogP contribution < -0.4 is 0 Å². The number of carbonyl (C=O) groups is 1. The molecule has 134 valence electrons. The molecule has 1 saturated heterocycles. The van der Waals surface area contributed by atoms with Crippen molar-refractivity contribution in [1.29, 1.82) is 0 Å². The van der Waals surface area contributed by atoms with E-state index in [0.29, 0.717) is 30.6 Å². The quantitative estimate of drug-likeness (QED) is 0.821. The first kappa shape index (κ1) is 17.6. The van der Waals surface area contributed by atoms with Crippen LogP contribution in [0, 0.1) is 11.7 Å². The van der Waals surface area contributed by atoms with Crippen molar-refractivity contribution in [2.45, 2.75) is 45.4 Å². The number of amides is 1. The van der Waals surface area contributed by atoms with E-state index in [0.717, 1.165) is 31.4 Å². The SMILES string of the molecule is CC(C)CCC(=O)N1CCC[C@@H](c2nc(-c3ccc(F)cc3)no2)C1. The number of hydrogen-bond acceptors (Lipinski definition) is 4. The molecule has 1 aromatic carbocycles. The zero-order chi connectivity index (χ0) is 17.8. The fraction of sp³-hybridized carbons (Fsp3) is 0.526. The Balaban J connectivity index is 1.65. The molecule has 1 atom stereocenters. The normalized spacial score (nSPS) is 17.9. The zero-order valence-corrected chi connectivity index (χ0v) is 14.7. The van der Waals surface area contributed by atoms with Gasteiger partial charge in [0, 0.05) is 25.1 Å². The first-order chi connectivity index (χ1) is 12.0. The average Bonchev–Trinajstić information content (AvgIpc) is 3.10. The highest BCUT2D eigenvalue weighted by molar-refractivity contribution is 5.76. The minimum absolute atomic E-state index is 0.0680. The molecule has 1 fully saturated rings. The van der Waals surface area contributed by atoms with Crippen LogP contribution in [0.5, 0.6) is 0 Å². The van der Waals surface area contributed by atoms with E-state index in [1.807, 2.05) is 4.90 Å². The highest BCUT2D eigenvalue weighted by atomic mass is 19.1. The molecule has 5 nitrogen and oxygen atoms in total. The van der Waals surface area contributed by atoms with Gasteiger partial charge in [0.15, 0.2) is 0 Å². The van der Waals surface area contributed by atoms with Gasteiger partial charge in [-0.3, -0.25) is 4.79 Å². The van der Waals surface area contributed by atoms with Crippen LogP contribution >= 0.6 is 0 Å². The fourth-order valence-electron chi connectivity index (χ4n) is 3.09. The summed E-state index contributed by atoms with van der Waals surface area (Å²) in [7, 11) is 0. The summed E-state index contributed by atoms with van der Waals surface area (Å²) in [6.45, 7) is 5.68. The minimum Gasteiger partial charge on any atom is -0.342 e. The molecular weight excluding hydrogens is 321 g/mol. The third kappa shape index (κ3) is 4.44. The van der Waals surface area contributed by atoms with Crippen molar-refractivity contribution in [2.75, 3.05) is 13.1 Å². The molecule has 6 heteroatoms. The molecule has 0 spiro atoms. The maximum absolute atomic E-state index is 13.0. The van der Waals surface area contributed by atoms with Crippen molar-refractivity contribution in [3.05, 3.63) is 36.0 Å². The molecule has 0 saturated carbocycles. The second-order valence-electron chi connectivity index (χ2n) is 7.07. The topological polar surface area (TPSA) is 59.2 Å². The van der Waals surface area contributed by atoms with Crippen LogP contribution in [-0.2, 0) is 4.79 Å². The van der Waals surface area contributed by atoms with Gasteiger partial charge in [-0.15, -0.1) is 0 Å². The molecule has 1 aliphatic rings. The molecule has 0 bridgehead atoms. The van der Waals surface area contributed by atoms with Crippen LogP contribution in [0.1, 0.15) is 51.3 Å². The summed E-state index contributed by atoms with van der Waals surface area (Å²) in [6, 6.07) is 6.02. The Hall–Kier alpha value is -2.24. The molecule has 0 N–H and O–H groups in total. The number of halogens is 1. The van der Waals surface area contributed by atoms with Crippen molar-refractivity contribution in [1.82, 2.24) is 15.0 Å². The van der Waals surface area contributed by atoms with E-state index in [2.05, 4.69) is 24.0 Å². The van der Waals surface area contributed by atoms with E-state index < -0.39 is 0 Å². The van der Waals surface area contributed by atoms with Crippen LogP contribution in [0.3, 0.4) is 0 Å². The number of benzene rings is 1. The number of nitrogens with zero attached hydrogens (tertiary/aromatic N) is 3. The van der Waals surface area contributed by atoms with Gasteiger partial charge in [0.2, 0.25) is 17.6 Å². The molecule has 25 heavy (non-hydrogen) atoms. The lowest BCUT2D eigenvalue weighted by Crippen LogP contribution is -2.39. The molecule has 2 aromatic rings. The average molecular weight is 345 g/mol. The lowest BCUT2D eigenvalue weighted by molar-refractivity contribution is -0.132. The third-order valence-electron chi connectivity index (χ3n) is 4.60. The molecule has 0 radical (unpaired) electrons. The van der Waals surface area contributed by atoms with Gasteiger partial charge in [0.05, 0.1) is 5.92 Å². The first-order valence-electron chi connectivity index (χ1n) is 8.90. The number of rotatable bonds is 5. The summed E-state index contributed by atoms with van der Waals surface area (Å²) in [6.07, 6.45) is 3.37. The summed E-state index contributed by atoms with van der Waals surface area (Å²) in [4.78, 5) is 18.7. The molecule has 1 aliphatic heterocycles. The van der Waals surface area contributed by atoms with Gasteiger partial charge >= 0.3 is 0 Å². The van der Waals surface area contributed by atoms with Gasteiger partial charge in [-0.2, -0.15) is 4.98 Å². The Morgan fingerprint density at radius 3 is 2.84 bits per heavy atom. The highest BCUT2D eigenvalue weighted by Crippen LogP contribution is 2.28. The van der Waals surface area contributed by atoms with Crippen LogP contribution in [0.4, 0.5) is 4.39 Å². The van der Waals surface area contributed by atoms with Gasteiger partial charge < -0.3 is 9.42 Å². The predicted molar refractivity (Wildman–Crippen MR) is 92.3 cm³/mol. The van der Waals surface area contributed by atoms with Gasteiger partial charge in [0.1, 0.15) is 5.82 Å². The molecule has 2 heterocycles. The van der Waals surface area contributed by atoms with Crippen molar-refractivity contribution < 1.29 is 13.7 Å². The highest BCUT2D eigenvalue weighted by Gasteiger charge is 2.28. The zero-order valence-electron chi connectivity index (χ0n) is 14.7. The molecule has 0 aliphatic carbocycles. The van der Waals surface area contributed by atoms with E-state index in [1.165, 1.54) is 12.1 Å². The summed E-state index contributed by atoms with van der Waals surface area (Å²) in [5, 5.41) is 4.01.